The highest BCUT2D eigenvalue weighted by molar-refractivity contribution is 6.31. The first-order chi connectivity index (χ1) is 10.8. The molecule has 1 unspecified atom stereocenters. The van der Waals surface area contributed by atoms with Crippen LogP contribution in [0.15, 0.2) is 30.7 Å². The van der Waals surface area contributed by atoms with Crippen LogP contribution in [0.1, 0.15) is 30.0 Å². The molecule has 3 heterocycles. The van der Waals surface area contributed by atoms with E-state index in [4.69, 9.17) is 16.7 Å². The summed E-state index contributed by atoms with van der Waals surface area (Å²) in [4.78, 5) is 6.58. The smallest absolute Gasteiger partial charge is 0.0668 e. The number of halogens is 1. The molecule has 1 atom stereocenters. The lowest BCUT2D eigenvalue weighted by atomic mass is 9.94. The van der Waals surface area contributed by atoms with Gasteiger partial charge < -0.3 is 5.11 Å². The molecule has 0 aliphatic carbocycles. The summed E-state index contributed by atoms with van der Waals surface area (Å²) >= 11 is 6.23. The highest BCUT2D eigenvalue weighted by Crippen LogP contribution is 2.27. The average Bonchev–Trinajstić information content (AvgIpc) is 2.99. The molecule has 2 aromatic rings. The number of pyridine rings is 1. The van der Waals surface area contributed by atoms with Gasteiger partial charge in [0.05, 0.1) is 18.8 Å². The van der Waals surface area contributed by atoms with Gasteiger partial charge in [0.2, 0.25) is 0 Å². The molecule has 1 aliphatic rings. The molecule has 1 fully saturated rings. The molecule has 3 rings (SSSR count). The van der Waals surface area contributed by atoms with Gasteiger partial charge in [-0.2, -0.15) is 5.10 Å². The van der Waals surface area contributed by atoms with Crippen molar-refractivity contribution in [1.29, 1.82) is 0 Å². The molecule has 0 aromatic carbocycles. The van der Waals surface area contributed by atoms with E-state index < -0.39 is 0 Å². The van der Waals surface area contributed by atoms with Crippen LogP contribution in [0.5, 0.6) is 0 Å². The normalized spacial score (nSPS) is 19.5. The van der Waals surface area contributed by atoms with Crippen molar-refractivity contribution in [3.05, 3.63) is 47.0 Å². The highest BCUT2D eigenvalue weighted by Gasteiger charge is 2.23. The summed E-state index contributed by atoms with van der Waals surface area (Å²) in [6, 6.07) is 3.91. The number of aromatic nitrogens is 3. The fourth-order valence-electron chi connectivity index (χ4n) is 3.03. The Labute approximate surface area is 135 Å². The fraction of sp³-hybridized carbons (Fsp3) is 0.500. The maximum atomic E-state index is 8.98. The van der Waals surface area contributed by atoms with Crippen molar-refractivity contribution in [2.24, 2.45) is 0 Å². The van der Waals surface area contributed by atoms with Gasteiger partial charge in [-0.25, -0.2) is 0 Å². The molecular formula is C16H21ClN4O. The van der Waals surface area contributed by atoms with Crippen molar-refractivity contribution in [2.75, 3.05) is 19.7 Å². The largest absolute Gasteiger partial charge is 0.394 e. The lowest BCUT2D eigenvalue weighted by Gasteiger charge is -2.32. The van der Waals surface area contributed by atoms with Gasteiger partial charge in [-0.05, 0) is 31.5 Å². The van der Waals surface area contributed by atoms with Gasteiger partial charge in [0.25, 0.3) is 0 Å². The molecule has 0 bridgehead atoms. The Hall–Kier alpha value is -1.43. The molecule has 22 heavy (non-hydrogen) atoms. The maximum Gasteiger partial charge on any atom is 0.0668 e. The average molecular weight is 321 g/mol. The SMILES string of the molecule is OCCn1ccc(C2CCCN(Cc3cnccc3Cl)C2)n1. The van der Waals surface area contributed by atoms with Gasteiger partial charge in [0.1, 0.15) is 0 Å². The number of hydrogen-bond acceptors (Lipinski definition) is 4. The van der Waals surface area contributed by atoms with Crippen LogP contribution in [-0.4, -0.2) is 44.5 Å². The molecule has 0 amide bonds. The Morgan fingerprint density at radius 1 is 1.36 bits per heavy atom. The highest BCUT2D eigenvalue weighted by atomic mass is 35.5. The standard InChI is InChI=1S/C16H21ClN4O/c17-15-3-5-18-10-14(15)12-20-6-1-2-13(11-20)16-4-7-21(19-16)8-9-22/h3-5,7,10,13,22H,1-2,6,8-9,11-12H2. The van der Waals surface area contributed by atoms with E-state index in [0.29, 0.717) is 12.5 Å². The van der Waals surface area contributed by atoms with Crippen LogP contribution < -0.4 is 0 Å². The lowest BCUT2D eigenvalue weighted by Crippen LogP contribution is -2.34. The maximum absolute atomic E-state index is 8.98. The zero-order chi connectivity index (χ0) is 15.4. The molecule has 1 N–H and O–H groups in total. The molecule has 1 aliphatic heterocycles. The van der Waals surface area contributed by atoms with Crippen molar-refractivity contribution in [1.82, 2.24) is 19.7 Å². The van der Waals surface area contributed by atoms with E-state index >= 15 is 0 Å². The number of aliphatic hydroxyl groups excluding tert-OH is 1. The van der Waals surface area contributed by atoms with Crippen LogP contribution in [-0.2, 0) is 13.1 Å². The summed E-state index contributed by atoms with van der Waals surface area (Å²) < 4.78 is 1.81. The second kappa shape index (κ2) is 7.22. The predicted octanol–water partition coefficient (Wildman–Crippen LogP) is 2.30. The number of hydrogen-bond donors (Lipinski definition) is 1. The summed E-state index contributed by atoms with van der Waals surface area (Å²) in [6.07, 6.45) is 7.84. The van der Waals surface area contributed by atoms with Crippen LogP contribution in [0.2, 0.25) is 5.02 Å². The molecule has 6 heteroatoms. The third-order valence-corrected chi connectivity index (χ3v) is 4.52. The molecular weight excluding hydrogens is 300 g/mol. The minimum atomic E-state index is 0.122. The third-order valence-electron chi connectivity index (χ3n) is 4.15. The minimum Gasteiger partial charge on any atom is -0.394 e. The van der Waals surface area contributed by atoms with E-state index in [1.807, 2.05) is 23.1 Å². The molecule has 2 aromatic heterocycles. The van der Waals surface area contributed by atoms with Gasteiger partial charge in [0, 0.05) is 48.2 Å². The first kappa shape index (κ1) is 15.5. The second-order valence-electron chi connectivity index (χ2n) is 5.77. The lowest BCUT2D eigenvalue weighted by molar-refractivity contribution is 0.197. The summed E-state index contributed by atoms with van der Waals surface area (Å²) in [5.41, 5.74) is 2.20. The van der Waals surface area contributed by atoms with Crippen molar-refractivity contribution in [2.45, 2.75) is 31.8 Å². The monoisotopic (exact) mass is 320 g/mol. The molecule has 0 radical (unpaired) electrons. The van der Waals surface area contributed by atoms with Crippen LogP contribution in [0, 0.1) is 0 Å². The number of aliphatic hydroxyl groups is 1. The minimum absolute atomic E-state index is 0.122. The van der Waals surface area contributed by atoms with Gasteiger partial charge in [-0.3, -0.25) is 14.6 Å². The second-order valence-corrected chi connectivity index (χ2v) is 6.18. The predicted molar refractivity (Wildman–Crippen MR) is 85.8 cm³/mol. The third kappa shape index (κ3) is 3.66. The fourth-order valence-corrected chi connectivity index (χ4v) is 3.20. The van der Waals surface area contributed by atoms with Gasteiger partial charge in [0.15, 0.2) is 0 Å². The number of nitrogens with zero attached hydrogens (tertiary/aromatic N) is 4. The van der Waals surface area contributed by atoms with Crippen molar-refractivity contribution in [3.8, 4) is 0 Å². The molecule has 5 nitrogen and oxygen atoms in total. The topological polar surface area (TPSA) is 54.2 Å². The van der Waals surface area contributed by atoms with E-state index in [0.717, 1.165) is 48.8 Å². The molecule has 0 spiro atoms. The zero-order valence-electron chi connectivity index (χ0n) is 12.5. The zero-order valence-corrected chi connectivity index (χ0v) is 13.3. The summed E-state index contributed by atoms with van der Waals surface area (Å²) in [5.74, 6) is 0.448. The number of piperidine rings is 1. The quantitative estimate of drug-likeness (QED) is 0.918. The molecule has 0 saturated carbocycles. The Balaban J connectivity index is 1.65. The van der Waals surface area contributed by atoms with E-state index in [2.05, 4.69) is 21.0 Å². The first-order valence-electron chi connectivity index (χ1n) is 7.71. The van der Waals surface area contributed by atoms with E-state index in [1.165, 1.54) is 0 Å². The summed E-state index contributed by atoms with van der Waals surface area (Å²) in [6.45, 7) is 3.58. The van der Waals surface area contributed by atoms with Crippen molar-refractivity contribution in [3.63, 3.8) is 0 Å². The Morgan fingerprint density at radius 2 is 2.27 bits per heavy atom. The summed E-state index contributed by atoms with van der Waals surface area (Å²) in [7, 11) is 0. The van der Waals surface area contributed by atoms with Gasteiger partial charge in [-0.15, -0.1) is 0 Å². The Bertz CT molecular complexity index is 616. The van der Waals surface area contributed by atoms with Crippen LogP contribution in [0.25, 0.3) is 0 Å². The number of rotatable bonds is 5. The summed E-state index contributed by atoms with van der Waals surface area (Å²) in [5, 5.41) is 14.3. The van der Waals surface area contributed by atoms with Crippen molar-refractivity contribution >= 4 is 11.6 Å². The van der Waals surface area contributed by atoms with E-state index in [-0.39, 0.29) is 6.61 Å². The van der Waals surface area contributed by atoms with E-state index in [9.17, 15) is 0 Å². The first-order valence-corrected chi connectivity index (χ1v) is 8.09. The van der Waals surface area contributed by atoms with Crippen LogP contribution in [0.3, 0.4) is 0 Å². The Kier molecular flexibility index (Phi) is 5.08. The van der Waals surface area contributed by atoms with E-state index in [1.54, 1.807) is 6.20 Å². The van der Waals surface area contributed by atoms with Gasteiger partial charge in [-0.1, -0.05) is 11.6 Å². The van der Waals surface area contributed by atoms with Gasteiger partial charge >= 0.3 is 0 Å². The van der Waals surface area contributed by atoms with Crippen LogP contribution in [0.4, 0.5) is 0 Å². The molecule has 118 valence electrons. The van der Waals surface area contributed by atoms with Crippen LogP contribution >= 0.6 is 11.6 Å². The van der Waals surface area contributed by atoms with Crippen molar-refractivity contribution < 1.29 is 5.11 Å². The number of likely N-dealkylation sites (tertiary alicyclic amines) is 1. The Morgan fingerprint density at radius 3 is 3.09 bits per heavy atom. The molecule has 1 saturated heterocycles.